The molecule has 0 amide bonds. The zero-order valence-electron chi connectivity index (χ0n) is 27.2. The van der Waals surface area contributed by atoms with Gasteiger partial charge in [-0.1, -0.05) is 131 Å². The monoisotopic (exact) mass is 571 g/mol. The van der Waals surface area contributed by atoms with E-state index in [2.05, 4.69) is 84.7 Å². The van der Waals surface area contributed by atoms with E-state index in [9.17, 15) is 10.6 Å². The van der Waals surface area contributed by atoms with Crippen molar-refractivity contribution in [2.75, 3.05) is 6.61 Å². The Morgan fingerprint density at radius 1 is 0.711 bits per heavy atom. The first-order chi connectivity index (χ1) is 17.5. The van der Waals surface area contributed by atoms with Crippen LogP contribution >= 0.6 is 0 Å². The summed E-state index contributed by atoms with van der Waals surface area (Å²) in [5, 5.41) is 14.3. The first-order valence-electron chi connectivity index (χ1n) is 15.5. The van der Waals surface area contributed by atoms with Crippen molar-refractivity contribution in [3.63, 3.8) is 0 Å². The Morgan fingerprint density at radius 3 is 1.47 bits per heavy atom. The molecule has 0 heterocycles. The zero-order chi connectivity index (χ0) is 29.5. The lowest BCUT2D eigenvalue weighted by Crippen LogP contribution is -2.55. The van der Waals surface area contributed by atoms with E-state index in [1.165, 1.54) is 70.6 Å². The SMILES string of the molecule is CCCCCCCCCCCCCCC(O[Si](C)(C)C(C)(C)C)C(O[Si](C)(C)C(C)(C)C)C(CO)N=[N+]=[N-]. The molecule has 0 radical (unpaired) electrons. The first kappa shape index (κ1) is 37.6. The van der Waals surface area contributed by atoms with E-state index in [0.717, 1.165) is 12.8 Å². The molecule has 0 aromatic heterocycles. The average molecular weight is 572 g/mol. The van der Waals surface area contributed by atoms with Gasteiger partial charge in [0.25, 0.3) is 0 Å². The van der Waals surface area contributed by atoms with E-state index in [1.807, 2.05) is 0 Å². The van der Waals surface area contributed by atoms with Crippen LogP contribution in [0.2, 0.25) is 36.3 Å². The fourth-order valence-corrected chi connectivity index (χ4v) is 6.93. The molecule has 0 aliphatic heterocycles. The van der Waals surface area contributed by atoms with Crippen LogP contribution < -0.4 is 0 Å². The Hall–Kier alpha value is -0.376. The summed E-state index contributed by atoms with van der Waals surface area (Å²) in [7, 11) is -4.32. The van der Waals surface area contributed by atoms with Gasteiger partial charge in [-0.25, -0.2) is 0 Å². The van der Waals surface area contributed by atoms with Gasteiger partial charge in [0.1, 0.15) is 0 Å². The molecule has 6 nitrogen and oxygen atoms in total. The second-order valence-corrected chi connectivity index (χ2v) is 23.9. The second-order valence-electron chi connectivity index (χ2n) is 14.4. The number of hydrogen-bond acceptors (Lipinski definition) is 4. The third kappa shape index (κ3) is 14.3. The van der Waals surface area contributed by atoms with Gasteiger partial charge in [-0.15, -0.1) is 0 Å². The maximum Gasteiger partial charge on any atom is 0.192 e. The van der Waals surface area contributed by atoms with Crippen LogP contribution in [0, 0.1) is 0 Å². The van der Waals surface area contributed by atoms with Gasteiger partial charge in [0.05, 0.1) is 24.9 Å². The lowest BCUT2D eigenvalue weighted by Gasteiger charge is -2.46. The van der Waals surface area contributed by atoms with Crippen molar-refractivity contribution < 1.29 is 14.0 Å². The molecule has 0 aliphatic carbocycles. The average Bonchev–Trinajstić information content (AvgIpc) is 2.79. The van der Waals surface area contributed by atoms with E-state index in [4.69, 9.17) is 8.85 Å². The van der Waals surface area contributed by atoms with Gasteiger partial charge in [-0.2, -0.15) is 0 Å². The molecule has 0 bridgehead atoms. The quantitative estimate of drug-likeness (QED) is 0.0488. The summed E-state index contributed by atoms with van der Waals surface area (Å²) < 4.78 is 13.9. The van der Waals surface area contributed by atoms with Gasteiger partial charge in [0.15, 0.2) is 16.6 Å². The van der Waals surface area contributed by atoms with Crippen molar-refractivity contribution in [3.8, 4) is 0 Å². The Kier molecular flexibility index (Phi) is 18.0. The fourth-order valence-electron chi connectivity index (χ4n) is 4.22. The van der Waals surface area contributed by atoms with E-state index in [1.54, 1.807) is 0 Å². The molecule has 0 aromatic rings. The number of azide groups is 1. The first-order valence-corrected chi connectivity index (χ1v) is 21.4. The summed E-state index contributed by atoms with van der Waals surface area (Å²) >= 11 is 0. The molecule has 0 aliphatic rings. The topological polar surface area (TPSA) is 87.5 Å². The normalized spacial score (nSPS) is 15.7. The van der Waals surface area contributed by atoms with Crippen molar-refractivity contribution in [1.29, 1.82) is 0 Å². The number of unbranched alkanes of at least 4 members (excludes halogenated alkanes) is 11. The number of nitrogens with zero attached hydrogens (tertiary/aromatic N) is 3. The maximum absolute atomic E-state index is 10.2. The van der Waals surface area contributed by atoms with Gasteiger partial charge in [-0.3, -0.25) is 0 Å². The number of aliphatic hydroxyl groups is 1. The van der Waals surface area contributed by atoms with Crippen LogP contribution in [0.3, 0.4) is 0 Å². The van der Waals surface area contributed by atoms with Crippen molar-refractivity contribution in [2.24, 2.45) is 5.11 Å². The zero-order valence-corrected chi connectivity index (χ0v) is 29.2. The lowest BCUT2D eigenvalue weighted by molar-refractivity contribution is 0.00270. The van der Waals surface area contributed by atoms with Crippen LogP contribution in [0.4, 0.5) is 0 Å². The summed E-state index contributed by atoms with van der Waals surface area (Å²) in [4.78, 5) is 3.07. The van der Waals surface area contributed by atoms with E-state index in [0.29, 0.717) is 0 Å². The highest BCUT2D eigenvalue weighted by Gasteiger charge is 2.46. The molecule has 1 N–H and O–H groups in total. The minimum atomic E-state index is -2.20. The van der Waals surface area contributed by atoms with Crippen molar-refractivity contribution in [3.05, 3.63) is 10.4 Å². The van der Waals surface area contributed by atoms with Crippen LogP contribution in [0.15, 0.2) is 5.11 Å². The van der Waals surface area contributed by atoms with Gasteiger partial charge < -0.3 is 14.0 Å². The van der Waals surface area contributed by atoms with Crippen molar-refractivity contribution >= 4 is 16.6 Å². The molecule has 0 rings (SSSR count). The lowest BCUT2D eigenvalue weighted by atomic mass is 10.00. The summed E-state index contributed by atoms with van der Waals surface area (Å²) in [6.07, 6.45) is 15.9. The predicted molar refractivity (Wildman–Crippen MR) is 170 cm³/mol. The molecule has 3 atom stereocenters. The molecule has 226 valence electrons. The summed E-state index contributed by atoms with van der Waals surface area (Å²) in [5.74, 6) is 0. The largest absolute Gasteiger partial charge is 0.411 e. The minimum absolute atomic E-state index is 0.000856. The fraction of sp³-hybridized carbons (Fsp3) is 1.00. The van der Waals surface area contributed by atoms with Crippen molar-refractivity contribution in [2.45, 2.75) is 186 Å². The third-order valence-electron chi connectivity index (χ3n) is 8.96. The summed E-state index contributed by atoms with van der Waals surface area (Å²) in [6.45, 7) is 24.4. The highest BCUT2D eigenvalue weighted by molar-refractivity contribution is 6.74. The molecule has 0 aromatic carbocycles. The maximum atomic E-state index is 10.2. The van der Waals surface area contributed by atoms with Gasteiger partial charge >= 0.3 is 0 Å². The number of aliphatic hydroxyl groups excluding tert-OH is 1. The highest BCUT2D eigenvalue weighted by Crippen LogP contribution is 2.42. The predicted octanol–water partition coefficient (Wildman–Crippen LogP) is 10.5. The molecule has 0 fully saturated rings. The summed E-state index contributed by atoms with van der Waals surface area (Å²) in [5.41, 5.74) is 9.28. The highest BCUT2D eigenvalue weighted by atomic mass is 28.4. The molecular formula is C30H65N3O3Si2. The number of rotatable bonds is 21. The molecule has 0 saturated carbocycles. The van der Waals surface area contributed by atoms with Crippen LogP contribution in [-0.2, 0) is 8.85 Å². The van der Waals surface area contributed by atoms with Gasteiger partial charge in [-0.05, 0) is 48.2 Å². The Bertz CT molecular complexity index is 669. The van der Waals surface area contributed by atoms with Crippen LogP contribution in [-0.4, -0.2) is 46.6 Å². The third-order valence-corrected chi connectivity index (χ3v) is 17.9. The number of hydrogen-bond donors (Lipinski definition) is 1. The Labute approximate surface area is 238 Å². The Morgan fingerprint density at radius 2 is 1.11 bits per heavy atom. The van der Waals surface area contributed by atoms with E-state index in [-0.39, 0.29) is 22.8 Å². The molecule has 38 heavy (non-hydrogen) atoms. The van der Waals surface area contributed by atoms with E-state index >= 15 is 0 Å². The standard InChI is InChI=1S/C30H65N3O3Si2/c1-12-13-14-15-16-17-18-19-20-21-22-23-24-27(35-37(8,9)29(2,3)4)28(26(25-34)32-33-31)36-38(10,11)30(5,6)7/h26-28,34H,12-25H2,1-11H3. The summed E-state index contributed by atoms with van der Waals surface area (Å²) in [6, 6.07) is -0.652. The molecule has 0 spiro atoms. The Balaban J connectivity index is 5.36. The van der Waals surface area contributed by atoms with Crippen LogP contribution in [0.1, 0.15) is 132 Å². The van der Waals surface area contributed by atoms with Crippen LogP contribution in [0.25, 0.3) is 10.4 Å². The van der Waals surface area contributed by atoms with E-state index < -0.39 is 28.8 Å². The second kappa shape index (κ2) is 18.1. The van der Waals surface area contributed by atoms with Gasteiger partial charge in [0.2, 0.25) is 0 Å². The molecule has 3 unspecified atom stereocenters. The smallest absolute Gasteiger partial charge is 0.192 e. The molecule has 0 saturated heterocycles. The van der Waals surface area contributed by atoms with Crippen molar-refractivity contribution in [1.82, 2.24) is 0 Å². The van der Waals surface area contributed by atoms with Crippen LogP contribution in [0.5, 0.6) is 0 Å². The minimum Gasteiger partial charge on any atom is -0.411 e. The molecular weight excluding hydrogens is 507 g/mol. The van der Waals surface area contributed by atoms with Gasteiger partial charge in [0, 0.05) is 4.91 Å². The molecule has 8 heteroatoms.